The zero-order valence-electron chi connectivity index (χ0n) is 5.55. The third-order valence-corrected chi connectivity index (χ3v) is 1.37. The molecule has 0 aliphatic carbocycles. The summed E-state index contributed by atoms with van der Waals surface area (Å²) >= 11 is 0. The number of terminal acetylenes is 1. The lowest BCUT2D eigenvalue weighted by atomic mass is 10.2. The molecule has 0 bridgehead atoms. The summed E-state index contributed by atoms with van der Waals surface area (Å²) in [6, 6.07) is 0.676. The van der Waals surface area contributed by atoms with Gasteiger partial charge in [-0.2, -0.15) is 0 Å². The Kier molecular flexibility index (Phi) is 2.10. The summed E-state index contributed by atoms with van der Waals surface area (Å²) in [4.78, 5) is 0. The van der Waals surface area contributed by atoms with Crippen LogP contribution in [-0.4, -0.2) is 25.3 Å². The molecule has 1 heterocycles. The molecule has 0 spiro atoms. The van der Waals surface area contributed by atoms with Crippen LogP contribution < -0.4 is 5.32 Å². The van der Waals surface area contributed by atoms with Crippen LogP contribution in [0.25, 0.3) is 0 Å². The first-order chi connectivity index (χ1) is 4.33. The smallest absolute Gasteiger partial charge is 0.0661 e. The Hall–Kier alpha value is -0.520. The third-order valence-electron chi connectivity index (χ3n) is 1.37. The summed E-state index contributed by atoms with van der Waals surface area (Å²) in [5.74, 6) is 2.60. The van der Waals surface area contributed by atoms with E-state index in [9.17, 15) is 0 Å². The molecule has 1 aliphatic rings. The van der Waals surface area contributed by atoms with Crippen molar-refractivity contribution in [2.75, 3.05) is 13.2 Å². The average Bonchev–Trinajstić information content (AvgIpc) is 1.78. The van der Waals surface area contributed by atoms with Gasteiger partial charge in [0.05, 0.1) is 25.3 Å². The lowest BCUT2D eigenvalue weighted by Crippen LogP contribution is -2.49. The first-order valence-corrected chi connectivity index (χ1v) is 3.13. The SMILES string of the molecule is C#CC(C)NC1COC1. The van der Waals surface area contributed by atoms with Gasteiger partial charge in [-0.15, -0.1) is 6.42 Å². The van der Waals surface area contributed by atoms with Crippen molar-refractivity contribution in [1.82, 2.24) is 5.32 Å². The molecule has 9 heavy (non-hydrogen) atoms. The van der Waals surface area contributed by atoms with Gasteiger partial charge >= 0.3 is 0 Å². The van der Waals surface area contributed by atoms with Gasteiger partial charge in [0.2, 0.25) is 0 Å². The maximum atomic E-state index is 5.15. The Bertz CT molecular complexity index is 123. The molecule has 0 aromatic carbocycles. The van der Waals surface area contributed by atoms with E-state index in [2.05, 4.69) is 11.2 Å². The molecular formula is C7H11NO. The Balaban J connectivity index is 2.10. The van der Waals surface area contributed by atoms with E-state index >= 15 is 0 Å². The summed E-state index contributed by atoms with van der Waals surface area (Å²) in [6.07, 6.45) is 5.15. The van der Waals surface area contributed by atoms with Crippen LogP contribution in [0.5, 0.6) is 0 Å². The minimum atomic E-state index is 0.180. The molecule has 0 aromatic heterocycles. The van der Waals surface area contributed by atoms with E-state index in [-0.39, 0.29) is 6.04 Å². The largest absolute Gasteiger partial charge is 0.378 e. The standard InChI is InChI=1S/C7H11NO/c1-3-6(2)8-7-4-9-5-7/h1,6-8H,4-5H2,2H3. The summed E-state index contributed by atoms with van der Waals surface area (Å²) in [6.45, 7) is 3.59. The number of ether oxygens (including phenoxy) is 1. The van der Waals surface area contributed by atoms with E-state index in [4.69, 9.17) is 11.2 Å². The average molecular weight is 125 g/mol. The molecule has 0 aromatic rings. The van der Waals surface area contributed by atoms with E-state index in [0.29, 0.717) is 6.04 Å². The van der Waals surface area contributed by atoms with Crippen LogP contribution in [0.3, 0.4) is 0 Å². The zero-order chi connectivity index (χ0) is 6.69. The van der Waals surface area contributed by atoms with E-state index in [1.807, 2.05) is 6.92 Å². The highest BCUT2D eigenvalue weighted by atomic mass is 16.5. The maximum absolute atomic E-state index is 5.15. The zero-order valence-corrected chi connectivity index (χ0v) is 5.55. The van der Waals surface area contributed by atoms with E-state index < -0.39 is 0 Å². The fraction of sp³-hybridized carbons (Fsp3) is 0.714. The van der Waals surface area contributed by atoms with Crippen LogP contribution >= 0.6 is 0 Å². The summed E-state index contributed by atoms with van der Waals surface area (Å²) in [5.41, 5.74) is 0. The third kappa shape index (κ3) is 1.70. The Labute approximate surface area is 55.6 Å². The number of rotatable bonds is 2. The van der Waals surface area contributed by atoms with Gasteiger partial charge in [-0.05, 0) is 6.92 Å². The van der Waals surface area contributed by atoms with Crippen molar-refractivity contribution in [2.24, 2.45) is 0 Å². The molecule has 0 saturated carbocycles. The van der Waals surface area contributed by atoms with Crippen molar-refractivity contribution in [2.45, 2.75) is 19.0 Å². The molecule has 1 rings (SSSR count). The highest BCUT2D eigenvalue weighted by molar-refractivity contribution is 4.97. The predicted octanol–water partition coefficient (Wildman–Crippen LogP) is -0.00350. The molecule has 1 unspecified atom stereocenters. The van der Waals surface area contributed by atoms with Gasteiger partial charge in [0.15, 0.2) is 0 Å². The second kappa shape index (κ2) is 2.86. The van der Waals surface area contributed by atoms with Gasteiger partial charge < -0.3 is 4.74 Å². The van der Waals surface area contributed by atoms with Crippen LogP contribution in [-0.2, 0) is 4.74 Å². The van der Waals surface area contributed by atoms with E-state index in [1.165, 1.54) is 0 Å². The fourth-order valence-corrected chi connectivity index (χ4v) is 0.734. The highest BCUT2D eigenvalue weighted by Crippen LogP contribution is 1.99. The molecule has 1 N–H and O–H groups in total. The number of hydrogen-bond acceptors (Lipinski definition) is 2. The normalized spacial score (nSPS) is 22.2. The topological polar surface area (TPSA) is 21.3 Å². The van der Waals surface area contributed by atoms with Crippen molar-refractivity contribution < 1.29 is 4.74 Å². The maximum Gasteiger partial charge on any atom is 0.0661 e. The Morgan fingerprint density at radius 3 is 2.78 bits per heavy atom. The van der Waals surface area contributed by atoms with Crippen molar-refractivity contribution in [1.29, 1.82) is 0 Å². The fourth-order valence-electron chi connectivity index (χ4n) is 0.734. The van der Waals surface area contributed by atoms with Gasteiger partial charge in [-0.1, -0.05) is 5.92 Å². The van der Waals surface area contributed by atoms with Crippen LogP contribution in [0.4, 0.5) is 0 Å². The van der Waals surface area contributed by atoms with E-state index in [1.54, 1.807) is 0 Å². The molecular weight excluding hydrogens is 114 g/mol. The van der Waals surface area contributed by atoms with Crippen LogP contribution in [0.15, 0.2) is 0 Å². The minimum absolute atomic E-state index is 0.180. The summed E-state index contributed by atoms with van der Waals surface area (Å²) in [7, 11) is 0. The monoisotopic (exact) mass is 125 g/mol. The molecule has 2 heteroatoms. The molecule has 50 valence electrons. The second-order valence-corrected chi connectivity index (χ2v) is 2.29. The minimum Gasteiger partial charge on any atom is -0.378 e. The van der Waals surface area contributed by atoms with Gasteiger partial charge in [0.1, 0.15) is 0 Å². The van der Waals surface area contributed by atoms with Gasteiger partial charge in [0, 0.05) is 0 Å². The van der Waals surface area contributed by atoms with E-state index in [0.717, 1.165) is 13.2 Å². The van der Waals surface area contributed by atoms with Crippen molar-refractivity contribution in [3.05, 3.63) is 0 Å². The van der Waals surface area contributed by atoms with Crippen molar-refractivity contribution in [3.63, 3.8) is 0 Å². The number of nitrogens with one attached hydrogen (secondary N) is 1. The predicted molar refractivity (Wildman–Crippen MR) is 36.0 cm³/mol. The molecule has 2 nitrogen and oxygen atoms in total. The van der Waals surface area contributed by atoms with Crippen LogP contribution in [0, 0.1) is 12.3 Å². The summed E-state index contributed by atoms with van der Waals surface area (Å²) < 4.78 is 4.95. The lowest BCUT2D eigenvalue weighted by molar-refractivity contribution is -0.00672. The molecule has 1 aliphatic heterocycles. The lowest BCUT2D eigenvalue weighted by Gasteiger charge is -2.28. The van der Waals surface area contributed by atoms with Crippen LogP contribution in [0.1, 0.15) is 6.92 Å². The first-order valence-electron chi connectivity index (χ1n) is 3.13. The quantitative estimate of drug-likeness (QED) is 0.524. The van der Waals surface area contributed by atoms with Crippen molar-refractivity contribution in [3.8, 4) is 12.3 Å². The second-order valence-electron chi connectivity index (χ2n) is 2.29. The Morgan fingerprint density at radius 1 is 1.78 bits per heavy atom. The molecule has 1 atom stereocenters. The van der Waals surface area contributed by atoms with Crippen molar-refractivity contribution >= 4 is 0 Å². The number of hydrogen-bond donors (Lipinski definition) is 1. The molecule has 0 radical (unpaired) electrons. The van der Waals surface area contributed by atoms with Crippen LogP contribution in [0.2, 0.25) is 0 Å². The van der Waals surface area contributed by atoms with Gasteiger partial charge in [-0.25, -0.2) is 0 Å². The summed E-state index contributed by atoms with van der Waals surface area (Å²) in [5, 5.41) is 3.20. The first kappa shape index (κ1) is 6.60. The Morgan fingerprint density at radius 2 is 2.44 bits per heavy atom. The molecule has 0 amide bonds. The van der Waals surface area contributed by atoms with Gasteiger partial charge in [-0.3, -0.25) is 5.32 Å². The van der Waals surface area contributed by atoms with Gasteiger partial charge in [0.25, 0.3) is 0 Å². The highest BCUT2D eigenvalue weighted by Gasteiger charge is 2.18. The molecule has 1 fully saturated rings. The molecule has 1 saturated heterocycles.